The summed E-state index contributed by atoms with van der Waals surface area (Å²) in [6.45, 7) is 21.7. The second kappa shape index (κ2) is 12.6. The molecule has 1 fully saturated rings. The molecule has 0 heterocycles. The number of rotatable bonds is 12. The highest BCUT2D eigenvalue weighted by atomic mass is 16.3. The van der Waals surface area contributed by atoms with Gasteiger partial charge in [-0.2, -0.15) is 0 Å². The Balaban J connectivity index is 2.85. The molecule has 0 aromatic heterocycles. The molecule has 0 bridgehead atoms. The highest BCUT2D eigenvalue weighted by molar-refractivity contribution is 5.17. The van der Waals surface area contributed by atoms with Gasteiger partial charge in [0.2, 0.25) is 0 Å². The molecule has 0 aromatic rings. The van der Waals surface area contributed by atoms with Crippen molar-refractivity contribution in [1.29, 1.82) is 0 Å². The van der Waals surface area contributed by atoms with Crippen LogP contribution in [0.15, 0.2) is 59.3 Å². The molecule has 1 N–H and O–H groups in total. The predicted octanol–water partition coefficient (Wildman–Crippen LogP) is 9.12. The van der Waals surface area contributed by atoms with Crippen molar-refractivity contribution >= 4 is 0 Å². The lowest BCUT2D eigenvalue weighted by Crippen LogP contribution is -2.39. The standard InChI is InChI=1S/C30H50O/c1-10-29(8)21-19-27(30(9,31)20-13-15-24(4)5)28(29)22-26(7)18-12-17-25(6)16-11-14-23(2)3/h10,14-15,17,22,27-28,31H,1,11-13,16,18-21H2,2-9H3/b25-17+,26-22+/t27-,28+,29+,30?/m1/s1. The van der Waals surface area contributed by atoms with Crippen molar-refractivity contribution in [2.45, 2.75) is 112 Å². The molecule has 0 aromatic carbocycles. The van der Waals surface area contributed by atoms with Gasteiger partial charge in [0.25, 0.3) is 0 Å². The maximum Gasteiger partial charge on any atom is 0.0656 e. The van der Waals surface area contributed by atoms with Crippen LogP contribution >= 0.6 is 0 Å². The molecule has 1 aliphatic carbocycles. The Kier molecular flexibility index (Phi) is 11.3. The van der Waals surface area contributed by atoms with Crippen LogP contribution in [0.4, 0.5) is 0 Å². The van der Waals surface area contributed by atoms with Gasteiger partial charge in [0.05, 0.1) is 5.60 Å². The topological polar surface area (TPSA) is 20.2 Å². The summed E-state index contributed by atoms with van der Waals surface area (Å²) in [5.41, 5.74) is 5.09. The molecular weight excluding hydrogens is 376 g/mol. The van der Waals surface area contributed by atoms with Crippen molar-refractivity contribution < 1.29 is 5.11 Å². The molecule has 0 amide bonds. The summed E-state index contributed by atoms with van der Waals surface area (Å²) in [6.07, 6.45) is 20.0. The largest absolute Gasteiger partial charge is 0.390 e. The van der Waals surface area contributed by atoms with Crippen molar-refractivity contribution in [2.24, 2.45) is 17.3 Å². The maximum absolute atomic E-state index is 11.4. The first-order valence-corrected chi connectivity index (χ1v) is 12.4. The van der Waals surface area contributed by atoms with Crippen LogP contribution in [0.25, 0.3) is 0 Å². The summed E-state index contributed by atoms with van der Waals surface area (Å²) >= 11 is 0. The van der Waals surface area contributed by atoms with E-state index >= 15 is 0 Å². The first-order valence-electron chi connectivity index (χ1n) is 12.4. The van der Waals surface area contributed by atoms with E-state index in [2.05, 4.69) is 92.3 Å². The van der Waals surface area contributed by atoms with Gasteiger partial charge in [-0.05, 0) is 117 Å². The minimum atomic E-state index is -0.643. The Morgan fingerprint density at radius 1 is 0.935 bits per heavy atom. The minimum absolute atomic E-state index is 0.0720. The van der Waals surface area contributed by atoms with Gasteiger partial charge in [-0.15, -0.1) is 6.58 Å². The molecule has 1 rings (SSSR count). The van der Waals surface area contributed by atoms with E-state index < -0.39 is 5.60 Å². The van der Waals surface area contributed by atoms with E-state index in [1.807, 2.05) is 0 Å². The fourth-order valence-corrected chi connectivity index (χ4v) is 4.98. The number of hydrogen-bond donors (Lipinski definition) is 1. The summed E-state index contributed by atoms with van der Waals surface area (Å²) in [4.78, 5) is 0. The van der Waals surface area contributed by atoms with Gasteiger partial charge in [0.15, 0.2) is 0 Å². The summed E-state index contributed by atoms with van der Waals surface area (Å²) in [7, 11) is 0. The summed E-state index contributed by atoms with van der Waals surface area (Å²) in [6, 6.07) is 0. The van der Waals surface area contributed by atoms with E-state index in [1.165, 1.54) is 22.3 Å². The van der Waals surface area contributed by atoms with Crippen molar-refractivity contribution in [3.63, 3.8) is 0 Å². The molecule has 4 atom stereocenters. The van der Waals surface area contributed by atoms with Gasteiger partial charge in [-0.3, -0.25) is 0 Å². The SMILES string of the molecule is C=C[C@@]1(C)CC[C@@H](C(C)(O)CCC=C(C)C)[C@@H]1/C=C(\C)CC/C=C(\C)CCC=C(C)C. The van der Waals surface area contributed by atoms with E-state index in [0.29, 0.717) is 5.92 Å². The Bertz CT molecular complexity index is 692. The molecule has 31 heavy (non-hydrogen) atoms. The molecule has 1 heteroatoms. The number of aliphatic hydroxyl groups is 1. The second-order valence-corrected chi connectivity index (χ2v) is 11.0. The zero-order valence-electron chi connectivity index (χ0n) is 21.9. The predicted molar refractivity (Wildman–Crippen MR) is 139 cm³/mol. The van der Waals surface area contributed by atoms with E-state index in [-0.39, 0.29) is 11.3 Å². The third-order valence-corrected chi connectivity index (χ3v) is 7.24. The highest BCUT2D eigenvalue weighted by Crippen LogP contribution is 2.53. The molecule has 0 spiro atoms. The van der Waals surface area contributed by atoms with Crippen LogP contribution in [-0.2, 0) is 0 Å². The zero-order valence-corrected chi connectivity index (χ0v) is 21.9. The van der Waals surface area contributed by atoms with E-state index in [4.69, 9.17) is 0 Å². The molecule has 1 saturated carbocycles. The molecule has 0 saturated heterocycles. The Hall–Kier alpha value is -1.34. The van der Waals surface area contributed by atoms with Crippen LogP contribution in [0.1, 0.15) is 107 Å². The van der Waals surface area contributed by atoms with Crippen molar-refractivity contribution in [3.8, 4) is 0 Å². The summed E-state index contributed by atoms with van der Waals surface area (Å²) < 4.78 is 0. The fourth-order valence-electron chi connectivity index (χ4n) is 4.98. The van der Waals surface area contributed by atoms with Crippen LogP contribution < -0.4 is 0 Å². The highest BCUT2D eigenvalue weighted by Gasteiger charge is 2.48. The molecule has 1 unspecified atom stereocenters. The number of allylic oxidation sites excluding steroid dienone is 9. The van der Waals surface area contributed by atoms with Crippen molar-refractivity contribution in [2.75, 3.05) is 0 Å². The van der Waals surface area contributed by atoms with Crippen LogP contribution in [-0.4, -0.2) is 10.7 Å². The lowest BCUT2D eigenvalue weighted by atomic mass is 9.70. The molecule has 1 aliphatic rings. The average molecular weight is 427 g/mol. The van der Waals surface area contributed by atoms with Crippen LogP contribution in [0, 0.1) is 17.3 Å². The third kappa shape index (κ3) is 9.36. The molecule has 176 valence electrons. The minimum Gasteiger partial charge on any atom is -0.390 e. The van der Waals surface area contributed by atoms with Gasteiger partial charge in [0, 0.05) is 0 Å². The Morgan fingerprint density at radius 2 is 1.48 bits per heavy atom. The monoisotopic (exact) mass is 426 g/mol. The summed E-state index contributed by atoms with van der Waals surface area (Å²) in [5, 5.41) is 11.4. The second-order valence-electron chi connectivity index (χ2n) is 11.0. The molecule has 0 radical (unpaired) electrons. The smallest absolute Gasteiger partial charge is 0.0656 e. The first-order chi connectivity index (χ1) is 14.4. The molecule has 0 aliphatic heterocycles. The van der Waals surface area contributed by atoms with Crippen LogP contribution in [0.5, 0.6) is 0 Å². The molecular formula is C30H50O. The van der Waals surface area contributed by atoms with E-state index in [1.54, 1.807) is 0 Å². The Labute approximate surface area is 194 Å². The lowest BCUT2D eigenvalue weighted by Gasteiger charge is -2.37. The van der Waals surface area contributed by atoms with Crippen molar-refractivity contribution in [1.82, 2.24) is 0 Å². The maximum atomic E-state index is 11.4. The van der Waals surface area contributed by atoms with Gasteiger partial charge < -0.3 is 5.11 Å². The van der Waals surface area contributed by atoms with E-state index in [9.17, 15) is 5.11 Å². The normalized spacial score (nSPS) is 26.4. The lowest BCUT2D eigenvalue weighted by molar-refractivity contribution is -0.0226. The van der Waals surface area contributed by atoms with Gasteiger partial charge in [-0.1, -0.05) is 59.6 Å². The third-order valence-electron chi connectivity index (χ3n) is 7.24. The van der Waals surface area contributed by atoms with Crippen molar-refractivity contribution in [3.05, 3.63) is 59.3 Å². The number of hydrogen-bond acceptors (Lipinski definition) is 1. The van der Waals surface area contributed by atoms with Crippen LogP contribution in [0.2, 0.25) is 0 Å². The quantitative estimate of drug-likeness (QED) is 0.308. The zero-order chi connectivity index (χ0) is 23.7. The van der Waals surface area contributed by atoms with Gasteiger partial charge in [-0.25, -0.2) is 0 Å². The average Bonchev–Trinajstić information content (AvgIpc) is 2.98. The Morgan fingerprint density at radius 3 is 2.06 bits per heavy atom. The summed E-state index contributed by atoms with van der Waals surface area (Å²) in [5.74, 6) is 0.645. The van der Waals surface area contributed by atoms with Crippen LogP contribution in [0.3, 0.4) is 0 Å². The van der Waals surface area contributed by atoms with Gasteiger partial charge in [0.1, 0.15) is 0 Å². The van der Waals surface area contributed by atoms with Gasteiger partial charge >= 0.3 is 0 Å². The fraction of sp³-hybridized carbons (Fsp3) is 0.667. The first kappa shape index (κ1) is 27.7. The molecule has 1 nitrogen and oxygen atoms in total. The van der Waals surface area contributed by atoms with E-state index in [0.717, 1.165) is 51.4 Å².